The van der Waals surface area contributed by atoms with E-state index >= 15 is 0 Å². The quantitative estimate of drug-likeness (QED) is 0.721. The monoisotopic (exact) mass is 312 g/mol. The van der Waals surface area contributed by atoms with E-state index in [0.717, 1.165) is 32.2 Å². The molecule has 3 nitrogen and oxygen atoms in total. The van der Waals surface area contributed by atoms with Crippen LogP contribution in [-0.4, -0.2) is 24.4 Å². The first-order valence-electron chi connectivity index (χ1n) is 8.97. The Kier molecular flexibility index (Phi) is 4.36. The maximum absolute atomic E-state index is 12.2. The number of hydrogen-bond acceptors (Lipinski definition) is 2. The summed E-state index contributed by atoms with van der Waals surface area (Å²) in [5.41, 5.74) is 3.00. The van der Waals surface area contributed by atoms with Crippen LogP contribution in [0.25, 0.3) is 0 Å². The first-order chi connectivity index (χ1) is 11.0. The van der Waals surface area contributed by atoms with Crippen molar-refractivity contribution in [3.63, 3.8) is 0 Å². The van der Waals surface area contributed by atoms with Crippen molar-refractivity contribution in [3.8, 4) is 6.07 Å². The number of amides is 1. The van der Waals surface area contributed by atoms with Crippen LogP contribution in [-0.2, 0) is 4.79 Å². The van der Waals surface area contributed by atoms with Crippen LogP contribution in [0.2, 0.25) is 0 Å². The van der Waals surface area contributed by atoms with Crippen molar-refractivity contribution < 1.29 is 4.79 Å². The van der Waals surface area contributed by atoms with Crippen molar-refractivity contribution in [1.82, 2.24) is 4.90 Å². The number of carbonyl (C=O) groups is 1. The molecule has 1 fully saturated rings. The lowest BCUT2D eigenvalue weighted by atomic mass is 9.52. The molecule has 4 atom stereocenters. The zero-order chi connectivity index (χ0) is 16.6. The molecule has 2 aliphatic carbocycles. The summed E-state index contributed by atoms with van der Waals surface area (Å²) in [5.74, 6) is 2.03. The molecule has 3 aliphatic rings. The van der Waals surface area contributed by atoms with E-state index in [1.54, 1.807) is 0 Å². The number of hydrogen-bond donors (Lipinski definition) is 0. The van der Waals surface area contributed by atoms with E-state index in [0.29, 0.717) is 24.2 Å². The van der Waals surface area contributed by atoms with Gasteiger partial charge in [-0.25, -0.2) is 0 Å². The van der Waals surface area contributed by atoms with Gasteiger partial charge in [-0.05, 0) is 62.2 Å². The summed E-state index contributed by atoms with van der Waals surface area (Å²) in [6, 6.07) is 2.33. The Morgan fingerprint density at radius 1 is 1.48 bits per heavy atom. The van der Waals surface area contributed by atoms with Crippen molar-refractivity contribution in [2.75, 3.05) is 13.6 Å². The van der Waals surface area contributed by atoms with E-state index in [4.69, 9.17) is 5.26 Å². The van der Waals surface area contributed by atoms with Crippen molar-refractivity contribution in [1.29, 1.82) is 5.26 Å². The molecule has 1 saturated carbocycles. The van der Waals surface area contributed by atoms with Gasteiger partial charge in [0.1, 0.15) is 0 Å². The fourth-order valence-electron chi connectivity index (χ4n) is 5.25. The van der Waals surface area contributed by atoms with Gasteiger partial charge in [-0.1, -0.05) is 24.1 Å². The smallest absolute Gasteiger partial charge is 0.246 e. The van der Waals surface area contributed by atoms with Gasteiger partial charge < -0.3 is 4.90 Å². The molecule has 124 valence electrons. The molecular weight excluding hydrogens is 284 g/mol. The minimum absolute atomic E-state index is 0.144. The lowest BCUT2D eigenvalue weighted by Gasteiger charge is -2.52. The van der Waals surface area contributed by atoms with Crippen LogP contribution in [0.4, 0.5) is 0 Å². The molecule has 4 unspecified atom stereocenters. The molecule has 1 heterocycles. The van der Waals surface area contributed by atoms with Gasteiger partial charge in [0, 0.05) is 26.1 Å². The van der Waals surface area contributed by atoms with Gasteiger partial charge in [-0.15, -0.1) is 0 Å². The SMILES string of the molecule is CC1=CCC2C(CCC3=CC(=O)N(C)CCC32C)C1CCC#N. The second kappa shape index (κ2) is 6.15. The van der Waals surface area contributed by atoms with Crippen LogP contribution < -0.4 is 0 Å². The van der Waals surface area contributed by atoms with Crippen LogP contribution in [0.1, 0.15) is 52.4 Å². The van der Waals surface area contributed by atoms with Crippen LogP contribution in [0.15, 0.2) is 23.3 Å². The van der Waals surface area contributed by atoms with E-state index in [1.807, 2.05) is 18.0 Å². The van der Waals surface area contributed by atoms with E-state index < -0.39 is 0 Å². The summed E-state index contributed by atoms with van der Waals surface area (Å²) in [6.45, 7) is 5.48. The van der Waals surface area contributed by atoms with Crippen LogP contribution >= 0.6 is 0 Å². The predicted molar refractivity (Wildman–Crippen MR) is 91.4 cm³/mol. The molecule has 0 N–H and O–H groups in total. The minimum Gasteiger partial charge on any atom is -0.342 e. The number of likely N-dealkylation sites (N-methyl/N-ethyl adjacent to an activating group) is 1. The Morgan fingerprint density at radius 2 is 2.26 bits per heavy atom. The highest BCUT2D eigenvalue weighted by Gasteiger charge is 2.49. The fraction of sp³-hybridized carbons (Fsp3) is 0.700. The molecule has 0 spiro atoms. The number of allylic oxidation sites excluding steroid dienone is 3. The third-order valence-electron chi connectivity index (χ3n) is 6.82. The zero-order valence-corrected chi connectivity index (χ0v) is 14.6. The van der Waals surface area contributed by atoms with Gasteiger partial charge in [-0.3, -0.25) is 4.79 Å². The van der Waals surface area contributed by atoms with E-state index in [9.17, 15) is 4.79 Å². The zero-order valence-electron chi connectivity index (χ0n) is 14.6. The van der Waals surface area contributed by atoms with Crippen molar-refractivity contribution in [3.05, 3.63) is 23.3 Å². The molecular formula is C20H28N2O. The summed E-state index contributed by atoms with van der Waals surface area (Å²) >= 11 is 0. The highest BCUT2D eigenvalue weighted by molar-refractivity contribution is 5.88. The summed E-state index contributed by atoms with van der Waals surface area (Å²) in [4.78, 5) is 14.1. The van der Waals surface area contributed by atoms with Gasteiger partial charge in [-0.2, -0.15) is 5.26 Å². The normalized spacial score (nSPS) is 37.0. The summed E-state index contributed by atoms with van der Waals surface area (Å²) in [7, 11) is 1.91. The fourth-order valence-corrected chi connectivity index (χ4v) is 5.25. The molecule has 0 aromatic carbocycles. The molecule has 1 aliphatic heterocycles. The Morgan fingerprint density at radius 3 is 3.00 bits per heavy atom. The third kappa shape index (κ3) is 2.73. The maximum Gasteiger partial charge on any atom is 0.246 e. The maximum atomic E-state index is 12.2. The first-order valence-corrected chi connectivity index (χ1v) is 8.97. The average molecular weight is 312 g/mol. The second-order valence-electron chi connectivity index (χ2n) is 7.89. The van der Waals surface area contributed by atoms with Crippen molar-refractivity contribution >= 4 is 5.91 Å². The number of fused-ring (bicyclic) bond motifs is 3. The Balaban J connectivity index is 1.93. The van der Waals surface area contributed by atoms with Crippen molar-refractivity contribution in [2.24, 2.45) is 23.2 Å². The molecule has 0 radical (unpaired) electrons. The van der Waals surface area contributed by atoms with Gasteiger partial charge in [0.25, 0.3) is 0 Å². The van der Waals surface area contributed by atoms with Gasteiger partial charge in [0.15, 0.2) is 0 Å². The minimum atomic E-state index is 0.144. The first kappa shape index (κ1) is 16.3. The third-order valence-corrected chi connectivity index (χ3v) is 6.82. The number of rotatable bonds is 2. The van der Waals surface area contributed by atoms with Gasteiger partial charge in [0.2, 0.25) is 5.91 Å². The summed E-state index contributed by atoms with van der Waals surface area (Å²) in [5, 5.41) is 8.99. The molecule has 3 rings (SSSR count). The average Bonchev–Trinajstić information content (AvgIpc) is 2.64. The lowest BCUT2D eigenvalue weighted by molar-refractivity contribution is -0.124. The number of carbonyl (C=O) groups excluding carboxylic acids is 1. The van der Waals surface area contributed by atoms with Crippen LogP contribution in [0.5, 0.6) is 0 Å². The molecule has 0 bridgehead atoms. The highest BCUT2D eigenvalue weighted by atomic mass is 16.2. The van der Waals surface area contributed by atoms with Gasteiger partial charge in [0.05, 0.1) is 6.07 Å². The molecule has 0 aromatic rings. The van der Waals surface area contributed by atoms with E-state index in [2.05, 4.69) is 26.0 Å². The van der Waals surface area contributed by atoms with E-state index in [-0.39, 0.29) is 11.3 Å². The standard InChI is InChI=1S/C20H28N2O/c1-14-6-9-18-17(16(14)5-4-11-21)8-7-15-13-19(23)22(3)12-10-20(15,18)2/h6,13,16-18H,4-5,7-10,12H2,1-3H3. The summed E-state index contributed by atoms with van der Waals surface area (Å²) < 4.78 is 0. The molecule has 0 saturated heterocycles. The molecule has 0 aromatic heterocycles. The predicted octanol–water partition coefficient (Wildman–Crippen LogP) is 4.08. The Bertz CT molecular complexity index is 597. The Labute approximate surface area is 140 Å². The lowest BCUT2D eigenvalue weighted by Crippen LogP contribution is -2.44. The summed E-state index contributed by atoms with van der Waals surface area (Å²) in [6.07, 6.45) is 10.4. The van der Waals surface area contributed by atoms with Crippen LogP contribution in [0.3, 0.4) is 0 Å². The largest absolute Gasteiger partial charge is 0.342 e. The highest BCUT2D eigenvalue weighted by Crippen LogP contribution is 2.57. The number of nitriles is 1. The topological polar surface area (TPSA) is 44.1 Å². The Hall–Kier alpha value is -1.56. The van der Waals surface area contributed by atoms with E-state index in [1.165, 1.54) is 17.6 Å². The van der Waals surface area contributed by atoms with Crippen molar-refractivity contribution in [2.45, 2.75) is 52.4 Å². The second-order valence-corrected chi connectivity index (χ2v) is 7.89. The molecule has 3 heteroatoms. The molecule has 23 heavy (non-hydrogen) atoms. The molecule has 1 amide bonds. The van der Waals surface area contributed by atoms with Crippen LogP contribution in [0, 0.1) is 34.5 Å². The van der Waals surface area contributed by atoms with Gasteiger partial charge >= 0.3 is 0 Å². The number of nitrogens with zero attached hydrogens (tertiary/aromatic N) is 2.